The van der Waals surface area contributed by atoms with Gasteiger partial charge in [0.15, 0.2) is 0 Å². The highest BCUT2D eigenvalue weighted by Crippen LogP contribution is 2.33. The van der Waals surface area contributed by atoms with Crippen LogP contribution in [0.2, 0.25) is 0 Å². The summed E-state index contributed by atoms with van der Waals surface area (Å²) in [6.45, 7) is 0. The molecule has 0 atom stereocenters. The predicted octanol–water partition coefficient (Wildman–Crippen LogP) is 3.22. The Morgan fingerprint density at radius 1 is 1.11 bits per heavy atom. The SMILES string of the molecule is COc1ccc(S(=O)(=O)N(C)C)cc1NC(=O)c1ccccc1C(F)(F)F. The number of nitrogens with one attached hydrogen (secondary N) is 1. The number of rotatable bonds is 5. The van der Waals surface area contributed by atoms with Crippen molar-refractivity contribution in [1.82, 2.24) is 4.31 Å². The van der Waals surface area contributed by atoms with E-state index in [-0.39, 0.29) is 16.3 Å². The van der Waals surface area contributed by atoms with E-state index in [1.165, 1.54) is 45.5 Å². The smallest absolute Gasteiger partial charge is 0.417 e. The molecule has 27 heavy (non-hydrogen) atoms. The first-order valence-electron chi connectivity index (χ1n) is 7.56. The maximum absolute atomic E-state index is 13.1. The lowest BCUT2D eigenvalue weighted by molar-refractivity contribution is -0.137. The molecular formula is C17H17F3N2O4S. The Kier molecular flexibility index (Phi) is 5.81. The molecule has 0 unspecified atom stereocenters. The molecule has 0 fully saturated rings. The molecule has 2 aromatic rings. The van der Waals surface area contributed by atoms with E-state index >= 15 is 0 Å². The number of carbonyl (C=O) groups excluding carboxylic acids is 1. The second kappa shape index (κ2) is 7.57. The van der Waals surface area contributed by atoms with Gasteiger partial charge in [0.2, 0.25) is 10.0 Å². The van der Waals surface area contributed by atoms with E-state index in [0.29, 0.717) is 0 Å². The van der Waals surface area contributed by atoms with Crippen LogP contribution in [-0.2, 0) is 16.2 Å². The van der Waals surface area contributed by atoms with Crippen LogP contribution in [-0.4, -0.2) is 39.8 Å². The summed E-state index contributed by atoms with van der Waals surface area (Å²) in [5, 5.41) is 2.29. The number of carbonyl (C=O) groups is 1. The van der Waals surface area contributed by atoms with Crippen LogP contribution in [0.4, 0.5) is 18.9 Å². The first kappa shape index (κ1) is 20.7. The van der Waals surface area contributed by atoms with Gasteiger partial charge in [-0.25, -0.2) is 12.7 Å². The van der Waals surface area contributed by atoms with Crippen LogP contribution in [0.5, 0.6) is 5.75 Å². The van der Waals surface area contributed by atoms with Gasteiger partial charge in [0.25, 0.3) is 5.91 Å². The molecule has 0 saturated carbocycles. The van der Waals surface area contributed by atoms with E-state index in [0.717, 1.165) is 22.5 Å². The standard InChI is InChI=1S/C17H17F3N2O4S/c1-22(2)27(24,25)11-8-9-15(26-3)14(10-11)21-16(23)12-6-4-5-7-13(12)17(18,19)20/h4-10H,1-3H3,(H,21,23). The molecule has 0 aliphatic carbocycles. The van der Waals surface area contributed by atoms with E-state index in [4.69, 9.17) is 4.74 Å². The van der Waals surface area contributed by atoms with Crippen molar-refractivity contribution in [3.8, 4) is 5.75 Å². The van der Waals surface area contributed by atoms with Crippen molar-refractivity contribution in [2.45, 2.75) is 11.1 Å². The maximum Gasteiger partial charge on any atom is 0.417 e. The highest BCUT2D eigenvalue weighted by atomic mass is 32.2. The highest BCUT2D eigenvalue weighted by molar-refractivity contribution is 7.89. The van der Waals surface area contributed by atoms with Gasteiger partial charge in [0, 0.05) is 14.1 Å². The fraction of sp³-hybridized carbons (Fsp3) is 0.235. The zero-order valence-corrected chi connectivity index (χ0v) is 15.5. The Labute approximate surface area is 154 Å². The summed E-state index contributed by atoms with van der Waals surface area (Å²) in [5.41, 5.74) is -1.76. The quantitative estimate of drug-likeness (QED) is 0.833. The molecule has 146 valence electrons. The third-order valence-corrected chi connectivity index (χ3v) is 5.49. The molecule has 0 aliphatic rings. The highest BCUT2D eigenvalue weighted by Gasteiger charge is 2.35. The summed E-state index contributed by atoms with van der Waals surface area (Å²) >= 11 is 0. The summed E-state index contributed by atoms with van der Waals surface area (Å²) in [7, 11) is 0.138. The number of nitrogens with zero attached hydrogens (tertiary/aromatic N) is 1. The minimum atomic E-state index is -4.71. The molecule has 2 rings (SSSR count). The van der Waals surface area contributed by atoms with Crippen molar-refractivity contribution < 1.29 is 31.1 Å². The molecule has 0 saturated heterocycles. The zero-order valence-electron chi connectivity index (χ0n) is 14.7. The molecule has 2 aromatic carbocycles. The van der Waals surface area contributed by atoms with Gasteiger partial charge in [0.1, 0.15) is 5.75 Å². The number of anilines is 1. The molecular weight excluding hydrogens is 385 g/mol. The minimum absolute atomic E-state index is 0.0672. The summed E-state index contributed by atoms with van der Waals surface area (Å²) in [4.78, 5) is 12.3. The van der Waals surface area contributed by atoms with Gasteiger partial charge in [0.05, 0.1) is 28.8 Å². The lowest BCUT2D eigenvalue weighted by atomic mass is 10.1. The second-order valence-corrected chi connectivity index (χ2v) is 7.80. The molecule has 0 bridgehead atoms. The van der Waals surface area contributed by atoms with Crippen LogP contribution >= 0.6 is 0 Å². The number of hydrogen-bond acceptors (Lipinski definition) is 4. The number of ether oxygens (including phenoxy) is 1. The molecule has 0 spiro atoms. The van der Waals surface area contributed by atoms with Crippen molar-refractivity contribution in [2.24, 2.45) is 0 Å². The van der Waals surface area contributed by atoms with Crippen molar-refractivity contribution >= 4 is 21.6 Å². The maximum atomic E-state index is 13.1. The van der Waals surface area contributed by atoms with Crippen molar-refractivity contribution in [1.29, 1.82) is 0 Å². The average molecular weight is 402 g/mol. The average Bonchev–Trinajstić information content (AvgIpc) is 2.60. The molecule has 0 radical (unpaired) electrons. The van der Waals surface area contributed by atoms with Crippen LogP contribution < -0.4 is 10.1 Å². The largest absolute Gasteiger partial charge is 0.495 e. The number of halogens is 3. The minimum Gasteiger partial charge on any atom is -0.495 e. The van der Waals surface area contributed by atoms with Crippen LogP contribution in [0.3, 0.4) is 0 Å². The molecule has 0 aliphatic heterocycles. The zero-order chi connectivity index (χ0) is 20.4. The number of alkyl halides is 3. The van der Waals surface area contributed by atoms with Gasteiger partial charge in [-0.15, -0.1) is 0 Å². The van der Waals surface area contributed by atoms with Crippen molar-refractivity contribution in [2.75, 3.05) is 26.5 Å². The fourth-order valence-corrected chi connectivity index (χ4v) is 3.20. The molecule has 6 nitrogen and oxygen atoms in total. The summed E-state index contributed by atoms with van der Waals surface area (Å²) in [5.74, 6) is -0.939. The second-order valence-electron chi connectivity index (χ2n) is 5.65. The molecule has 10 heteroatoms. The van der Waals surface area contributed by atoms with Crippen LogP contribution in [0.25, 0.3) is 0 Å². The Bertz CT molecular complexity index is 957. The first-order valence-corrected chi connectivity index (χ1v) is 9.00. The third kappa shape index (κ3) is 4.40. The van der Waals surface area contributed by atoms with Gasteiger partial charge >= 0.3 is 6.18 Å². The number of sulfonamides is 1. The van der Waals surface area contributed by atoms with Crippen LogP contribution in [0.1, 0.15) is 15.9 Å². The Morgan fingerprint density at radius 2 is 1.74 bits per heavy atom. The normalized spacial score (nSPS) is 12.1. The van der Waals surface area contributed by atoms with Crippen molar-refractivity contribution in [3.63, 3.8) is 0 Å². The lowest BCUT2D eigenvalue weighted by Crippen LogP contribution is -2.23. The number of hydrogen-bond donors (Lipinski definition) is 1. The van der Waals surface area contributed by atoms with E-state index in [2.05, 4.69) is 5.32 Å². The van der Waals surface area contributed by atoms with Gasteiger partial charge in [-0.3, -0.25) is 4.79 Å². The lowest BCUT2D eigenvalue weighted by Gasteiger charge is -2.16. The monoisotopic (exact) mass is 402 g/mol. The summed E-state index contributed by atoms with van der Waals surface area (Å²) in [6.07, 6.45) is -4.71. The van der Waals surface area contributed by atoms with Gasteiger partial charge in [-0.05, 0) is 30.3 Å². The Morgan fingerprint density at radius 3 is 2.30 bits per heavy atom. The Hall–Kier alpha value is -2.59. The first-order chi connectivity index (χ1) is 12.5. The molecule has 0 heterocycles. The number of methoxy groups -OCH3 is 1. The summed E-state index contributed by atoms with van der Waals surface area (Å²) < 4.78 is 69.9. The van der Waals surface area contributed by atoms with E-state index in [1.807, 2.05) is 0 Å². The van der Waals surface area contributed by atoms with Crippen LogP contribution in [0.15, 0.2) is 47.4 Å². The Balaban J connectivity index is 2.47. The van der Waals surface area contributed by atoms with Gasteiger partial charge in [-0.2, -0.15) is 13.2 Å². The van der Waals surface area contributed by atoms with E-state index in [1.54, 1.807) is 0 Å². The van der Waals surface area contributed by atoms with Gasteiger partial charge in [-0.1, -0.05) is 12.1 Å². The topological polar surface area (TPSA) is 75.7 Å². The molecule has 0 aromatic heterocycles. The third-order valence-electron chi connectivity index (χ3n) is 3.67. The van der Waals surface area contributed by atoms with Crippen molar-refractivity contribution in [3.05, 3.63) is 53.6 Å². The van der Waals surface area contributed by atoms with Gasteiger partial charge < -0.3 is 10.1 Å². The predicted molar refractivity (Wildman–Crippen MR) is 93.3 cm³/mol. The number of amides is 1. The summed E-state index contributed by atoms with van der Waals surface area (Å²) in [6, 6.07) is 8.00. The molecule has 1 amide bonds. The fourth-order valence-electron chi connectivity index (χ4n) is 2.27. The van der Waals surface area contributed by atoms with Crippen LogP contribution in [0, 0.1) is 0 Å². The van der Waals surface area contributed by atoms with E-state index in [9.17, 15) is 26.4 Å². The number of benzene rings is 2. The molecule has 1 N–H and O–H groups in total. The van der Waals surface area contributed by atoms with E-state index < -0.39 is 33.2 Å².